The number of aliphatic hydroxyl groups is 1. The van der Waals surface area contributed by atoms with E-state index in [1.54, 1.807) is 18.2 Å². The summed E-state index contributed by atoms with van der Waals surface area (Å²) in [6.45, 7) is 0. The lowest BCUT2D eigenvalue weighted by atomic mass is 9.93. The van der Waals surface area contributed by atoms with Crippen LogP contribution in [-0.2, 0) is 16.0 Å². The van der Waals surface area contributed by atoms with Crippen molar-refractivity contribution in [2.45, 2.75) is 75.8 Å². The van der Waals surface area contributed by atoms with Crippen molar-refractivity contribution in [3.63, 3.8) is 0 Å². The fourth-order valence-corrected chi connectivity index (χ4v) is 5.30. The van der Waals surface area contributed by atoms with Crippen LogP contribution < -0.4 is 14.2 Å². The van der Waals surface area contributed by atoms with Crippen LogP contribution in [0.15, 0.2) is 30.3 Å². The number of aliphatic hydroxyl groups excluding tert-OH is 1. The molecule has 2 aromatic rings. The second kappa shape index (κ2) is 11.8. The Kier molecular flexibility index (Phi) is 8.59. The largest absolute Gasteiger partial charge is 0.504 e. The van der Waals surface area contributed by atoms with Gasteiger partial charge in [-0.25, -0.2) is 0 Å². The fraction of sp³-hybridized carbons (Fsp3) is 0.536. The summed E-state index contributed by atoms with van der Waals surface area (Å²) in [6.07, 6.45) is 5.23. The van der Waals surface area contributed by atoms with Crippen LogP contribution in [-0.4, -0.2) is 54.1 Å². The third-order valence-corrected chi connectivity index (χ3v) is 7.25. The molecule has 1 saturated heterocycles. The number of rotatable bonds is 10. The number of carbonyl (C=O) groups is 1. The normalized spacial score (nSPS) is 25.9. The fourth-order valence-electron chi connectivity index (χ4n) is 5.30. The molecule has 0 aromatic heterocycles. The first-order chi connectivity index (χ1) is 17.4. The molecule has 0 amide bonds. The van der Waals surface area contributed by atoms with Crippen molar-refractivity contribution in [3.8, 4) is 28.7 Å². The van der Waals surface area contributed by atoms with Crippen LogP contribution >= 0.6 is 0 Å². The van der Waals surface area contributed by atoms with Gasteiger partial charge in [0.25, 0.3) is 0 Å². The Morgan fingerprint density at radius 3 is 2.53 bits per heavy atom. The summed E-state index contributed by atoms with van der Waals surface area (Å²) in [4.78, 5) is 10.9. The van der Waals surface area contributed by atoms with Crippen molar-refractivity contribution < 1.29 is 39.1 Å². The second-order valence-corrected chi connectivity index (χ2v) is 9.81. The zero-order valence-electron chi connectivity index (χ0n) is 20.9. The number of aldehydes is 1. The lowest BCUT2D eigenvalue weighted by Crippen LogP contribution is -2.31. The SMILES string of the molecule is COc1cc(CC[C@@H]2C[C@H](O)C[C@@H](c3cc(OC)c(O)c(O[C@H]4CC[C@H](CC=O)C4)c3)O2)ccc1O. The summed E-state index contributed by atoms with van der Waals surface area (Å²) in [5.74, 6) is 1.40. The van der Waals surface area contributed by atoms with E-state index < -0.39 is 6.10 Å². The molecule has 36 heavy (non-hydrogen) atoms. The molecule has 1 aliphatic carbocycles. The summed E-state index contributed by atoms with van der Waals surface area (Å²) >= 11 is 0. The number of benzene rings is 2. The Bertz CT molecular complexity index is 1040. The van der Waals surface area contributed by atoms with E-state index in [4.69, 9.17) is 18.9 Å². The van der Waals surface area contributed by atoms with Crippen LogP contribution in [0, 0.1) is 5.92 Å². The minimum Gasteiger partial charge on any atom is -0.504 e. The molecule has 0 bridgehead atoms. The monoisotopic (exact) mass is 500 g/mol. The molecule has 4 rings (SSSR count). The van der Waals surface area contributed by atoms with Gasteiger partial charge in [0.15, 0.2) is 23.0 Å². The van der Waals surface area contributed by atoms with Crippen molar-refractivity contribution >= 4 is 6.29 Å². The number of aromatic hydroxyl groups is 2. The molecule has 8 heteroatoms. The first-order valence-corrected chi connectivity index (χ1v) is 12.6. The van der Waals surface area contributed by atoms with Crippen molar-refractivity contribution in [2.24, 2.45) is 5.92 Å². The average Bonchev–Trinajstić information content (AvgIpc) is 3.31. The Morgan fingerprint density at radius 2 is 1.78 bits per heavy atom. The Morgan fingerprint density at radius 1 is 1.00 bits per heavy atom. The molecule has 2 fully saturated rings. The number of carbonyl (C=O) groups excluding carboxylic acids is 1. The maximum absolute atomic E-state index is 10.9. The van der Waals surface area contributed by atoms with Gasteiger partial charge in [0, 0.05) is 12.8 Å². The van der Waals surface area contributed by atoms with Gasteiger partial charge in [-0.2, -0.15) is 0 Å². The highest BCUT2D eigenvalue weighted by Crippen LogP contribution is 2.44. The molecule has 5 atom stereocenters. The molecule has 0 spiro atoms. The van der Waals surface area contributed by atoms with Gasteiger partial charge in [0.05, 0.1) is 38.6 Å². The number of hydrogen-bond donors (Lipinski definition) is 3. The van der Waals surface area contributed by atoms with Gasteiger partial charge >= 0.3 is 0 Å². The number of methoxy groups -OCH3 is 2. The van der Waals surface area contributed by atoms with Crippen LogP contribution in [0.3, 0.4) is 0 Å². The lowest BCUT2D eigenvalue weighted by molar-refractivity contribution is -0.108. The highest BCUT2D eigenvalue weighted by atomic mass is 16.5. The first-order valence-electron chi connectivity index (χ1n) is 12.6. The van der Waals surface area contributed by atoms with Gasteiger partial charge in [0.2, 0.25) is 5.75 Å². The Hall–Kier alpha value is -2.97. The summed E-state index contributed by atoms with van der Waals surface area (Å²) in [5.41, 5.74) is 1.79. The smallest absolute Gasteiger partial charge is 0.200 e. The second-order valence-electron chi connectivity index (χ2n) is 9.81. The molecular weight excluding hydrogens is 464 g/mol. The molecule has 0 unspecified atom stereocenters. The quantitative estimate of drug-likeness (QED) is 0.410. The molecule has 1 aliphatic heterocycles. The zero-order valence-corrected chi connectivity index (χ0v) is 20.9. The number of phenols is 2. The maximum Gasteiger partial charge on any atom is 0.200 e. The summed E-state index contributed by atoms with van der Waals surface area (Å²) in [7, 11) is 3.01. The van der Waals surface area contributed by atoms with E-state index in [1.807, 2.05) is 12.1 Å². The number of ether oxygens (including phenoxy) is 4. The van der Waals surface area contributed by atoms with E-state index in [2.05, 4.69) is 0 Å². The first kappa shape index (κ1) is 26.1. The van der Waals surface area contributed by atoms with Crippen LogP contribution in [0.4, 0.5) is 0 Å². The van der Waals surface area contributed by atoms with E-state index in [-0.39, 0.29) is 29.8 Å². The summed E-state index contributed by atoms with van der Waals surface area (Å²) < 4.78 is 23.1. The summed E-state index contributed by atoms with van der Waals surface area (Å²) in [6, 6.07) is 8.78. The zero-order chi connectivity index (χ0) is 25.7. The molecule has 1 heterocycles. The molecule has 0 radical (unpaired) electrons. The Labute approximate surface area is 211 Å². The third-order valence-electron chi connectivity index (χ3n) is 7.25. The lowest BCUT2D eigenvalue weighted by Gasteiger charge is -2.34. The van der Waals surface area contributed by atoms with Gasteiger partial charge in [-0.1, -0.05) is 6.07 Å². The van der Waals surface area contributed by atoms with Gasteiger partial charge in [-0.15, -0.1) is 0 Å². The van der Waals surface area contributed by atoms with Crippen LogP contribution in [0.25, 0.3) is 0 Å². The molecule has 3 N–H and O–H groups in total. The highest BCUT2D eigenvalue weighted by molar-refractivity contribution is 5.53. The minimum absolute atomic E-state index is 0.0609. The van der Waals surface area contributed by atoms with Crippen molar-refractivity contribution in [1.29, 1.82) is 0 Å². The van der Waals surface area contributed by atoms with Crippen LogP contribution in [0.1, 0.15) is 62.2 Å². The molecule has 1 saturated carbocycles. The average molecular weight is 501 g/mol. The number of hydrogen-bond acceptors (Lipinski definition) is 8. The number of phenolic OH excluding ortho intramolecular Hbond substituents is 2. The Balaban J connectivity index is 1.46. The summed E-state index contributed by atoms with van der Waals surface area (Å²) in [5, 5.41) is 31.1. The van der Waals surface area contributed by atoms with Crippen molar-refractivity contribution in [2.75, 3.05) is 14.2 Å². The molecule has 196 valence electrons. The molecule has 2 aromatic carbocycles. The van der Waals surface area contributed by atoms with E-state index in [1.165, 1.54) is 14.2 Å². The molecule has 8 nitrogen and oxygen atoms in total. The van der Waals surface area contributed by atoms with E-state index in [0.717, 1.165) is 36.7 Å². The highest BCUT2D eigenvalue weighted by Gasteiger charge is 2.32. The third kappa shape index (κ3) is 6.23. The topological polar surface area (TPSA) is 115 Å². The van der Waals surface area contributed by atoms with Crippen LogP contribution in [0.5, 0.6) is 28.7 Å². The van der Waals surface area contributed by atoms with E-state index in [9.17, 15) is 20.1 Å². The predicted molar refractivity (Wildman–Crippen MR) is 133 cm³/mol. The van der Waals surface area contributed by atoms with Gasteiger partial charge in [-0.05, 0) is 79.8 Å². The standard InChI is InChI=1S/C28H36O8/c1-33-25-12-17(5-8-23(25)31)3-7-22-15-20(30)16-24(35-22)19-13-26(34-2)28(32)27(14-19)36-21-6-4-18(11-21)9-10-29/h5,8,10,12-14,18,20-22,24,30-32H,3-4,6-7,9,11,15-16H2,1-2H3/t18-,20+,21+,22-,24+/m1/s1. The van der Waals surface area contributed by atoms with Gasteiger partial charge in [-0.3, -0.25) is 0 Å². The van der Waals surface area contributed by atoms with Gasteiger partial charge in [0.1, 0.15) is 6.29 Å². The van der Waals surface area contributed by atoms with Gasteiger partial charge < -0.3 is 39.1 Å². The molecular formula is C28H36O8. The maximum atomic E-state index is 10.9. The minimum atomic E-state index is -0.522. The predicted octanol–water partition coefficient (Wildman–Crippen LogP) is 4.47. The van der Waals surface area contributed by atoms with Crippen LogP contribution in [0.2, 0.25) is 0 Å². The molecule has 2 aliphatic rings. The van der Waals surface area contributed by atoms with Crippen molar-refractivity contribution in [3.05, 3.63) is 41.5 Å². The number of aryl methyl sites for hydroxylation is 1. The van der Waals surface area contributed by atoms with E-state index in [0.29, 0.717) is 55.3 Å². The van der Waals surface area contributed by atoms with E-state index >= 15 is 0 Å². The van der Waals surface area contributed by atoms with Crippen molar-refractivity contribution in [1.82, 2.24) is 0 Å².